The van der Waals surface area contributed by atoms with Crippen LogP contribution in [0.3, 0.4) is 0 Å². The van der Waals surface area contributed by atoms with Gasteiger partial charge in [-0.2, -0.15) is 0 Å². The summed E-state index contributed by atoms with van der Waals surface area (Å²) in [6.07, 6.45) is 6.24. The van der Waals surface area contributed by atoms with Gasteiger partial charge in [-0.3, -0.25) is 0 Å². The van der Waals surface area contributed by atoms with Crippen LogP contribution in [0.25, 0.3) is 0 Å². The Morgan fingerprint density at radius 2 is 1.75 bits per heavy atom. The van der Waals surface area contributed by atoms with Crippen LogP contribution in [0.2, 0.25) is 5.02 Å². The number of hydrogen-bond acceptors (Lipinski definition) is 3. The second-order valence-electron chi connectivity index (χ2n) is 10.9. The summed E-state index contributed by atoms with van der Waals surface area (Å²) in [5, 5.41) is 14.3. The van der Waals surface area contributed by atoms with Crippen LogP contribution in [0, 0.1) is 5.92 Å². The fourth-order valence-electron chi connectivity index (χ4n) is 6.52. The molecule has 2 N–H and O–H groups in total. The zero-order valence-electron chi connectivity index (χ0n) is 20.4. The van der Waals surface area contributed by atoms with Gasteiger partial charge in [0.05, 0.1) is 6.61 Å². The van der Waals surface area contributed by atoms with Gasteiger partial charge in [0.1, 0.15) is 11.3 Å². The molecule has 6 rings (SSSR count). The standard InChI is InChI=1S/C31H32ClNO3/c32-24-7-4-8-25(19-24)33-31(29(34)35)15-13-30(14-16-31)27-10-2-1-5-23(27)18-28(30)22-6-3-9-26(17-22)36-20-21-11-12-21/h1-10,17,19,21,28,33H,11-16,18,20H2,(H,34,35)/t28-,30?,31?/m1/s1. The molecule has 3 aliphatic rings. The van der Waals surface area contributed by atoms with Gasteiger partial charge < -0.3 is 15.2 Å². The van der Waals surface area contributed by atoms with E-state index in [1.165, 1.54) is 29.5 Å². The van der Waals surface area contributed by atoms with E-state index >= 15 is 0 Å². The average Bonchev–Trinajstić information content (AvgIpc) is 3.67. The molecule has 0 bridgehead atoms. The van der Waals surface area contributed by atoms with Crippen LogP contribution in [0.4, 0.5) is 5.69 Å². The first-order chi connectivity index (χ1) is 17.5. The number of halogens is 1. The van der Waals surface area contributed by atoms with Gasteiger partial charge in [-0.1, -0.05) is 54.1 Å². The van der Waals surface area contributed by atoms with Gasteiger partial charge in [0, 0.05) is 16.1 Å². The predicted molar refractivity (Wildman–Crippen MR) is 143 cm³/mol. The van der Waals surface area contributed by atoms with Gasteiger partial charge in [0.15, 0.2) is 0 Å². The van der Waals surface area contributed by atoms with E-state index in [-0.39, 0.29) is 5.41 Å². The Balaban J connectivity index is 1.31. The molecule has 3 aliphatic carbocycles. The van der Waals surface area contributed by atoms with Crippen molar-refractivity contribution in [2.24, 2.45) is 5.92 Å². The van der Waals surface area contributed by atoms with Gasteiger partial charge in [-0.15, -0.1) is 0 Å². The first-order valence-electron chi connectivity index (χ1n) is 13.1. The van der Waals surface area contributed by atoms with Gasteiger partial charge in [0.2, 0.25) is 0 Å². The third-order valence-corrected chi connectivity index (χ3v) is 8.94. The summed E-state index contributed by atoms with van der Waals surface area (Å²) < 4.78 is 6.13. The first kappa shape index (κ1) is 23.4. The fourth-order valence-corrected chi connectivity index (χ4v) is 6.71. The molecule has 3 aromatic carbocycles. The van der Waals surface area contributed by atoms with Gasteiger partial charge >= 0.3 is 5.97 Å². The minimum Gasteiger partial charge on any atom is -0.493 e. The lowest BCUT2D eigenvalue weighted by atomic mass is 9.59. The van der Waals surface area contributed by atoms with Crippen LogP contribution >= 0.6 is 11.6 Å². The lowest BCUT2D eigenvalue weighted by Gasteiger charge is -2.47. The molecular weight excluding hydrogens is 470 g/mol. The maximum Gasteiger partial charge on any atom is 0.329 e. The summed E-state index contributed by atoms with van der Waals surface area (Å²) in [7, 11) is 0. The molecule has 2 saturated carbocycles. The van der Waals surface area contributed by atoms with Crippen molar-refractivity contribution in [3.8, 4) is 5.75 Å². The van der Waals surface area contributed by atoms with E-state index in [4.69, 9.17) is 16.3 Å². The van der Waals surface area contributed by atoms with Crippen molar-refractivity contribution >= 4 is 23.3 Å². The van der Waals surface area contributed by atoms with E-state index in [1.807, 2.05) is 12.1 Å². The summed E-state index contributed by atoms with van der Waals surface area (Å²) in [4.78, 5) is 12.6. The Bertz CT molecular complexity index is 1280. The predicted octanol–water partition coefficient (Wildman–Crippen LogP) is 7.22. The average molecular weight is 502 g/mol. The Morgan fingerprint density at radius 1 is 0.972 bits per heavy atom. The number of fused-ring (bicyclic) bond motifs is 2. The number of aliphatic carboxylic acids is 1. The van der Waals surface area contributed by atoms with Crippen LogP contribution in [0.1, 0.15) is 61.1 Å². The number of carboxylic acid groups (broad SMARTS) is 1. The molecule has 0 saturated heterocycles. The maximum atomic E-state index is 12.6. The molecule has 0 aliphatic heterocycles. The lowest BCUT2D eigenvalue weighted by molar-refractivity contribution is -0.144. The van der Waals surface area contributed by atoms with E-state index in [1.54, 1.807) is 12.1 Å². The molecule has 5 heteroatoms. The summed E-state index contributed by atoms with van der Waals surface area (Å²) in [5.41, 5.74) is 3.74. The van der Waals surface area contributed by atoms with E-state index in [0.717, 1.165) is 37.3 Å². The van der Waals surface area contributed by atoms with Crippen LogP contribution < -0.4 is 10.1 Å². The number of ether oxygens (including phenoxy) is 1. The molecule has 0 amide bonds. The number of carboxylic acids is 1. The number of rotatable bonds is 7. The minimum absolute atomic E-state index is 0.0827. The molecule has 186 valence electrons. The maximum absolute atomic E-state index is 12.6. The quantitative estimate of drug-likeness (QED) is 0.359. The monoisotopic (exact) mass is 501 g/mol. The highest BCUT2D eigenvalue weighted by Gasteiger charge is 2.54. The first-order valence-corrected chi connectivity index (χ1v) is 13.4. The Kier molecular flexibility index (Phi) is 5.95. The van der Waals surface area contributed by atoms with Crippen LogP contribution in [-0.4, -0.2) is 23.2 Å². The molecule has 36 heavy (non-hydrogen) atoms. The van der Waals surface area contributed by atoms with Crippen LogP contribution in [-0.2, 0) is 16.6 Å². The molecule has 1 atom stereocenters. The Labute approximate surface area is 217 Å². The molecule has 0 aromatic heterocycles. The van der Waals surface area contributed by atoms with Gasteiger partial charge in [-0.25, -0.2) is 4.79 Å². The van der Waals surface area contributed by atoms with E-state index in [0.29, 0.717) is 29.7 Å². The molecular formula is C31H32ClNO3. The molecule has 1 spiro atoms. The summed E-state index contributed by atoms with van der Waals surface area (Å²) >= 11 is 6.19. The number of hydrogen-bond donors (Lipinski definition) is 2. The van der Waals surface area contributed by atoms with Crippen LogP contribution in [0.5, 0.6) is 5.75 Å². The highest BCUT2D eigenvalue weighted by molar-refractivity contribution is 6.30. The highest BCUT2D eigenvalue weighted by Crippen LogP contribution is 2.58. The van der Waals surface area contributed by atoms with E-state index in [2.05, 4.69) is 53.8 Å². The number of carbonyl (C=O) groups is 1. The Hall–Kier alpha value is -2.98. The SMILES string of the molecule is O=C(O)C1(Nc2cccc(Cl)c2)CCC2(CC1)c1ccccc1C[C@@H]2c1cccc(OCC2CC2)c1. The van der Waals surface area contributed by atoms with Crippen molar-refractivity contribution in [2.75, 3.05) is 11.9 Å². The zero-order valence-corrected chi connectivity index (χ0v) is 21.1. The van der Waals surface area contributed by atoms with Crippen molar-refractivity contribution in [3.05, 3.63) is 94.5 Å². The summed E-state index contributed by atoms with van der Waals surface area (Å²) in [5.74, 6) is 1.17. The van der Waals surface area contributed by atoms with E-state index in [9.17, 15) is 9.90 Å². The second kappa shape index (κ2) is 9.15. The van der Waals surface area contributed by atoms with Gasteiger partial charge in [-0.05, 0) is 104 Å². The normalized spacial score (nSPS) is 27.0. The number of benzene rings is 3. The van der Waals surface area contributed by atoms with Crippen molar-refractivity contribution in [3.63, 3.8) is 0 Å². The topological polar surface area (TPSA) is 58.6 Å². The molecule has 0 heterocycles. The lowest BCUT2D eigenvalue weighted by Crippen LogP contribution is -2.52. The third kappa shape index (κ3) is 4.26. The van der Waals surface area contributed by atoms with Gasteiger partial charge in [0.25, 0.3) is 0 Å². The third-order valence-electron chi connectivity index (χ3n) is 8.70. The fraction of sp³-hybridized carbons (Fsp3) is 0.387. The molecule has 0 radical (unpaired) electrons. The molecule has 3 aromatic rings. The highest BCUT2D eigenvalue weighted by atomic mass is 35.5. The van der Waals surface area contributed by atoms with Crippen molar-refractivity contribution < 1.29 is 14.6 Å². The van der Waals surface area contributed by atoms with Crippen molar-refractivity contribution in [1.82, 2.24) is 0 Å². The second-order valence-corrected chi connectivity index (χ2v) is 11.4. The number of nitrogens with one attached hydrogen (secondary N) is 1. The molecule has 4 nitrogen and oxygen atoms in total. The van der Waals surface area contributed by atoms with E-state index < -0.39 is 11.5 Å². The Morgan fingerprint density at radius 3 is 2.50 bits per heavy atom. The minimum atomic E-state index is -1.01. The van der Waals surface area contributed by atoms with Crippen molar-refractivity contribution in [1.29, 1.82) is 0 Å². The molecule has 0 unspecified atom stereocenters. The summed E-state index contributed by atoms with van der Waals surface area (Å²) in [6, 6.07) is 24.7. The van der Waals surface area contributed by atoms with Crippen molar-refractivity contribution in [2.45, 2.75) is 61.8 Å². The zero-order chi connectivity index (χ0) is 24.8. The smallest absolute Gasteiger partial charge is 0.329 e. The summed E-state index contributed by atoms with van der Waals surface area (Å²) in [6.45, 7) is 0.801. The largest absolute Gasteiger partial charge is 0.493 e. The van der Waals surface area contributed by atoms with Crippen LogP contribution in [0.15, 0.2) is 72.8 Å². The molecule has 2 fully saturated rings. The number of anilines is 1.